The lowest BCUT2D eigenvalue weighted by atomic mass is 10.0. The summed E-state index contributed by atoms with van der Waals surface area (Å²) < 4.78 is 2.02. The van der Waals surface area contributed by atoms with Gasteiger partial charge < -0.3 is 4.90 Å². The smallest absolute Gasteiger partial charge is 0.255 e. The fourth-order valence-corrected chi connectivity index (χ4v) is 4.51. The number of nitrogens with zero attached hydrogens (tertiary/aromatic N) is 4. The van der Waals surface area contributed by atoms with Gasteiger partial charge in [0.15, 0.2) is 5.65 Å². The molecule has 28 heavy (non-hydrogen) atoms. The minimum atomic E-state index is -0.167. The molecular formula is C23H32N4O. The fourth-order valence-electron chi connectivity index (χ4n) is 4.51. The van der Waals surface area contributed by atoms with E-state index in [0.717, 1.165) is 40.8 Å². The number of hydrogen-bond donors (Lipinski definition) is 0. The Labute approximate surface area is 167 Å². The number of rotatable bonds is 5. The first-order chi connectivity index (χ1) is 13.3. The number of pyridine rings is 1. The lowest BCUT2D eigenvalue weighted by Crippen LogP contribution is -2.41. The van der Waals surface area contributed by atoms with E-state index in [4.69, 9.17) is 10.1 Å². The Morgan fingerprint density at radius 2 is 1.86 bits per heavy atom. The molecule has 1 unspecified atom stereocenters. The van der Waals surface area contributed by atoms with Gasteiger partial charge in [-0.3, -0.25) is 4.79 Å². The van der Waals surface area contributed by atoms with Crippen molar-refractivity contribution >= 4 is 16.9 Å². The first-order valence-corrected chi connectivity index (χ1v) is 11.0. The molecule has 2 heterocycles. The van der Waals surface area contributed by atoms with Crippen LogP contribution in [0.1, 0.15) is 93.9 Å². The van der Waals surface area contributed by atoms with Crippen LogP contribution in [0.15, 0.2) is 6.07 Å². The van der Waals surface area contributed by atoms with E-state index in [1.807, 2.05) is 11.6 Å². The van der Waals surface area contributed by atoms with Crippen molar-refractivity contribution < 1.29 is 4.79 Å². The van der Waals surface area contributed by atoms with Crippen molar-refractivity contribution in [2.24, 2.45) is 5.92 Å². The quantitative estimate of drug-likeness (QED) is 0.750. The van der Waals surface area contributed by atoms with Gasteiger partial charge in [0.2, 0.25) is 0 Å². The number of aromatic nitrogens is 3. The molecule has 0 aliphatic heterocycles. The van der Waals surface area contributed by atoms with Gasteiger partial charge in [0, 0.05) is 23.7 Å². The average molecular weight is 381 g/mol. The van der Waals surface area contributed by atoms with Crippen molar-refractivity contribution in [2.45, 2.75) is 96.7 Å². The summed E-state index contributed by atoms with van der Waals surface area (Å²) >= 11 is 0. The third kappa shape index (κ3) is 3.03. The standard InChI is InChI=1S/C23H32N4O/c1-13-20-18(22(28)26(17-10-11-17)14(2)15-6-7-15)12-19(16-8-9-16)24-21(20)27(25-13)23(3,4)5/h12,14-17H,6-11H2,1-5H3. The first-order valence-electron chi connectivity index (χ1n) is 11.0. The summed E-state index contributed by atoms with van der Waals surface area (Å²) in [6.45, 7) is 10.7. The lowest BCUT2D eigenvalue weighted by molar-refractivity contribution is 0.0656. The van der Waals surface area contributed by atoms with E-state index < -0.39 is 0 Å². The molecule has 0 aromatic carbocycles. The van der Waals surface area contributed by atoms with Crippen LogP contribution >= 0.6 is 0 Å². The lowest BCUT2D eigenvalue weighted by Gasteiger charge is -2.30. The second-order valence-electron chi connectivity index (χ2n) is 10.3. The number of carbonyl (C=O) groups is 1. The Kier molecular flexibility index (Phi) is 3.91. The van der Waals surface area contributed by atoms with E-state index in [1.165, 1.54) is 25.7 Å². The molecule has 0 spiro atoms. The Bertz CT molecular complexity index is 942. The molecule has 3 saturated carbocycles. The molecule has 2 aromatic rings. The molecule has 5 rings (SSSR count). The zero-order valence-electron chi connectivity index (χ0n) is 17.8. The van der Waals surface area contributed by atoms with Crippen LogP contribution in [-0.4, -0.2) is 37.7 Å². The highest BCUT2D eigenvalue weighted by Gasteiger charge is 2.43. The molecule has 3 fully saturated rings. The molecular weight excluding hydrogens is 348 g/mol. The summed E-state index contributed by atoms with van der Waals surface area (Å²) in [6.07, 6.45) is 7.17. The van der Waals surface area contributed by atoms with Gasteiger partial charge >= 0.3 is 0 Å². The molecule has 1 amide bonds. The van der Waals surface area contributed by atoms with Crippen LogP contribution in [-0.2, 0) is 5.54 Å². The summed E-state index contributed by atoms with van der Waals surface area (Å²) in [5, 5.41) is 5.78. The molecule has 0 radical (unpaired) electrons. The summed E-state index contributed by atoms with van der Waals surface area (Å²) in [5.74, 6) is 1.39. The number of carbonyl (C=O) groups excluding carboxylic acids is 1. The van der Waals surface area contributed by atoms with Crippen molar-refractivity contribution in [3.63, 3.8) is 0 Å². The molecule has 2 aromatic heterocycles. The second-order valence-corrected chi connectivity index (χ2v) is 10.3. The topological polar surface area (TPSA) is 51.0 Å². The zero-order chi connectivity index (χ0) is 19.8. The van der Waals surface area contributed by atoms with Crippen LogP contribution in [0, 0.1) is 12.8 Å². The Balaban J connectivity index is 1.67. The maximum Gasteiger partial charge on any atom is 0.255 e. The minimum Gasteiger partial charge on any atom is -0.333 e. The van der Waals surface area contributed by atoms with Gasteiger partial charge in [0.1, 0.15) is 0 Å². The highest BCUT2D eigenvalue weighted by Crippen LogP contribution is 2.43. The van der Waals surface area contributed by atoms with Gasteiger partial charge in [-0.05, 0) is 85.1 Å². The molecule has 0 bridgehead atoms. The van der Waals surface area contributed by atoms with Crippen LogP contribution in [0.4, 0.5) is 0 Å². The van der Waals surface area contributed by atoms with Gasteiger partial charge in [-0.2, -0.15) is 5.10 Å². The largest absolute Gasteiger partial charge is 0.333 e. The molecule has 5 heteroatoms. The fraction of sp³-hybridized carbons (Fsp3) is 0.696. The van der Waals surface area contributed by atoms with Crippen molar-refractivity contribution in [1.82, 2.24) is 19.7 Å². The van der Waals surface area contributed by atoms with Gasteiger partial charge in [0.25, 0.3) is 5.91 Å². The number of hydrogen-bond acceptors (Lipinski definition) is 3. The van der Waals surface area contributed by atoms with Crippen molar-refractivity contribution in [3.05, 3.63) is 23.0 Å². The van der Waals surface area contributed by atoms with E-state index >= 15 is 0 Å². The first kappa shape index (κ1) is 18.1. The summed E-state index contributed by atoms with van der Waals surface area (Å²) in [6, 6.07) is 2.86. The van der Waals surface area contributed by atoms with Crippen molar-refractivity contribution in [3.8, 4) is 0 Å². The Morgan fingerprint density at radius 1 is 1.18 bits per heavy atom. The summed E-state index contributed by atoms with van der Waals surface area (Å²) in [5.41, 5.74) is 3.54. The maximum absolute atomic E-state index is 13.9. The predicted molar refractivity (Wildman–Crippen MR) is 111 cm³/mol. The molecule has 3 aliphatic carbocycles. The third-order valence-electron chi connectivity index (χ3n) is 6.61. The molecule has 150 valence electrons. The molecule has 0 N–H and O–H groups in total. The molecule has 0 saturated heterocycles. The summed E-state index contributed by atoms with van der Waals surface area (Å²) in [7, 11) is 0. The van der Waals surface area contributed by atoms with E-state index in [9.17, 15) is 4.79 Å². The van der Waals surface area contributed by atoms with E-state index in [-0.39, 0.29) is 11.4 Å². The SMILES string of the molecule is Cc1nn(C(C)(C)C)c2nc(C3CC3)cc(C(=O)N(C3CC3)C(C)C3CC3)c12. The predicted octanol–water partition coefficient (Wildman–Crippen LogP) is 4.78. The highest BCUT2D eigenvalue weighted by molar-refractivity contribution is 6.07. The van der Waals surface area contributed by atoms with Gasteiger partial charge in [0.05, 0.1) is 22.2 Å². The van der Waals surface area contributed by atoms with Crippen molar-refractivity contribution in [1.29, 1.82) is 0 Å². The Morgan fingerprint density at radius 3 is 2.39 bits per heavy atom. The number of amides is 1. The van der Waals surface area contributed by atoms with E-state index in [1.54, 1.807) is 0 Å². The average Bonchev–Trinajstić information content (AvgIpc) is 3.49. The van der Waals surface area contributed by atoms with Crippen LogP contribution in [0.2, 0.25) is 0 Å². The highest BCUT2D eigenvalue weighted by atomic mass is 16.2. The monoisotopic (exact) mass is 380 g/mol. The number of aryl methyl sites for hydroxylation is 1. The third-order valence-corrected chi connectivity index (χ3v) is 6.61. The van der Waals surface area contributed by atoms with Gasteiger partial charge in [-0.1, -0.05) is 0 Å². The zero-order valence-corrected chi connectivity index (χ0v) is 17.8. The van der Waals surface area contributed by atoms with Gasteiger partial charge in [-0.25, -0.2) is 9.67 Å². The van der Waals surface area contributed by atoms with Crippen LogP contribution in [0.25, 0.3) is 11.0 Å². The maximum atomic E-state index is 13.9. The van der Waals surface area contributed by atoms with Crippen molar-refractivity contribution in [2.75, 3.05) is 0 Å². The summed E-state index contributed by atoms with van der Waals surface area (Å²) in [4.78, 5) is 21.1. The molecule has 1 atom stereocenters. The normalized spacial score (nSPS) is 21.2. The second kappa shape index (κ2) is 6.04. The number of fused-ring (bicyclic) bond motifs is 1. The van der Waals surface area contributed by atoms with Gasteiger partial charge in [-0.15, -0.1) is 0 Å². The minimum absolute atomic E-state index is 0.167. The van der Waals surface area contributed by atoms with E-state index in [0.29, 0.717) is 23.9 Å². The molecule has 3 aliphatic rings. The Hall–Kier alpha value is -1.91. The van der Waals surface area contributed by atoms with Crippen LogP contribution in [0.3, 0.4) is 0 Å². The van der Waals surface area contributed by atoms with Crippen LogP contribution < -0.4 is 0 Å². The van der Waals surface area contributed by atoms with E-state index in [2.05, 4.69) is 38.7 Å². The van der Waals surface area contributed by atoms with Crippen LogP contribution in [0.5, 0.6) is 0 Å². The molecule has 5 nitrogen and oxygen atoms in total.